The second-order valence-electron chi connectivity index (χ2n) is 18.9. The van der Waals surface area contributed by atoms with Crippen LogP contribution in [0.3, 0.4) is 0 Å². The summed E-state index contributed by atoms with van der Waals surface area (Å²) in [6, 6.07) is 92.8. The molecular formula is C69H42N4. The van der Waals surface area contributed by atoms with Gasteiger partial charge in [-0.25, -0.2) is 15.0 Å². The second-order valence-corrected chi connectivity index (χ2v) is 18.9. The number of nitriles is 1. The number of hydrogen-bond acceptors (Lipinski definition) is 4. The van der Waals surface area contributed by atoms with Crippen molar-refractivity contribution in [3.8, 4) is 107 Å². The van der Waals surface area contributed by atoms with Gasteiger partial charge in [-0.2, -0.15) is 5.26 Å². The van der Waals surface area contributed by atoms with Gasteiger partial charge in [0.1, 0.15) is 0 Å². The molecule has 4 nitrogen and oxygen atoms in total. The van der Waals surface area contributed by atoms with E-state index in [-0.39, 0.29) is 0 Å². The van der Waals surface area contributed by atoms with Gasteiger partial charge in [-0.15, -0.1) is 0 Å². The minimum atomic E-state index is -0.432. The fourth-order valence-electron chi connectivity index (χ4n) is 11.7. The van der Waals surface area contributed by atoms with Crippen molar-refractivity contribution in [2.45, 2.75) is 5.41 Å². The van der Waals surface area contributed by atoms with E-state index in [9.17, 15) is 5.26 Å². The molecule has 1 aromatic heterocycles. The summed E-state index contributed by atoms with van der Waals surface area (Å²) in [5.74, 6) is 1.78. The summed E-state index contributed by atoms with van der Waals surface area (Å²) in [6.45, 7) is 0. The standard InChI is InChI=1S/C69H42N4/c70-43-53-41-60(46-32-30-45(31-33-46)44-16-3-1-4-17-44)65(59-26-8-7-22-54(53)59)47-34-36-49(37-35-47)67-71-66(48-18-5-2-6-19-48)72-68(73-67)52-21-15-20-50(40-52)51-38-39-58-57-25-11-14-29-63(57)69(64(58)42-51)61-27-12-9-23-55(61)56-24-10-13-28-62(56)69/h1-42H. The highest BCUT2D eigenvalue weighted by Crippen LogP contribution is 2.63. The van der Waals surface area contributed by atoms with Crippen LogP contribution in [0.4, 0.5) is 0 Å². The predicted octanol–water partition coefficient (Wildman–Crippen LogP) is 16.9. The van der Waals surface area contributed by atoms with Crippen molar-refractivity contribution in [2.75, 3.05) is 0 Å². The molecule has 0 amide bonds. The van der Waals surface area contributed by atoms with Crippen molar-refractivity contribution in [2.24, 2.45) is 0 Å². The summed E-state index contributed by atoms with van der Waals surface area (Å²) >= 11 is 0. The molecule has 0 unspecified atom stereocenters. The topological polar surface area (TPSA) is 62.5 Å². The van der Waals surface area contributed by atoms with E-state index in [1.165, 1.54) is 44.5 Å². The van der Waals surface area contributed by atoms with Gasteiger partial charge in [0.25, 0.3) is 0 Å². The molecule has 73 heavy (non-hydrogen) atoms. The molecule has 0 radical (unpaired) electrons. The lowest BCUT2D eigenvalue weighted by atomic mass is 9.70. The van der Waals surface area contributed by atoms with E-state index in [1.807, 2.05) is 60.7 Å². The van der Waals surface area contributed by atoms with Crippen LogP contribution in [-0.2, 0) is 5.41 Å². The molecular weight excluding hydrogens is 885 g/mol. The molecule has 14 rings (SSSR count). The summed E-state index contributed by atoms with van der Waals surface area (Å²) in [6.07, 6.45) is 0. The van der Waals surface area contributed by atoms with Gasteiger partial charge in [-0.3, -0.25) is 0 Å². The number of aromatic nitrogens is 3. The summed E-state index contributed by atoms with van der Waals surface area (Å²) < 4.78 is 0. The fraction of sp³-hybridized carbons (Fsp3) is 0.0145. The Morgan fingerprint density at radius 2 is 0.685 bits per heavy atom. The number of benzene rings is 11. The Morgan fingerprint density at radius 3 is 1.30 bits per heavy atom. The first kappa shape index (κ1) is 42.1. The minimum Gasteiger partial charge on any atom is -0.208 e. The Bertz CT molecular complexity index is 4130. The van der Waals surface area contributed by atoms with E-state index in [4.69, 9.17) is 15.0 Å². The van der Waals surface area contributed by atoms with Gasteiger partial charge < -0.3 is 0 Å². The molecule has 2 aliphatic carbocycles. The Hall–Kier alpha value is -9.82. The quantitative estimate of drug-likeness (QED) is 0.160. The Labute approximate surface area is 423 Å². The summed E-state index contributed by atoms with van der Waals surface area (Å²) in [7, 11) is 0. The maximum atomic E-state index is 10.4. The SMILES string of the molecule is N#Cc1cc(-c2ccc(-c3ccccc3)cc2)c(-c2ccc(-c3nc(-c4ccccc4)nc(-c4cccc(-c5ccc6c(c5)C5(c7ccccc7-c7ccccc75)c5ccccc5-6)c4)n3)cc2)c2ccccc12. The zero-order chi connectivity index (χ0) is 48.5. The first-order valence-corrected chi connectivity index (χ1v) is 24.7. The maximum Gasteiger partial charge on any atom is 0.164 e. The predicted molar refractivity (Wildman–Crippen MR) is 296 cm³/mol. The molecule has 0 atom stereocenters. The number of fused-ring (bicyclic) bond motifs is 11. The van der Waals surface area contributed by atoms with Crippen LogP contribution in [0.15, 0.2) is 255 Å². The molecule has 1 spiro atoms. The molecule has 338 valence electrons. The molecule has 2 aliphatic rings. The van der Waals surface area contributed by atoms with Crippen molar-refractivity contribution >= 4 is 10.8 Å². The zero-order valence-corrected chi connectivity index (χ0v) is 39.5. The van der Waals surface area contributed by atoms with Gasteiger partial charge >= 0.3 is 0 Å². The molecule has 1 heterocycles. The monoisotopic (exact) mass is 926 g/mol. The van der Waals surface area contributed by atoms with Gasteiger partial charge in [-0.05, 0) is 113 Å². The highest BCUT2D eigenvalue weighted by atomic mass is 15.0. The zero-order valence-electron chi connectivity index (χ0n) is 39.5. The van der Waals surface area contributed by atoms with Gasteiger partial charge in [0.15, 0.2) is 17.5 Å². The lowest BCUT2D eigenvalue weighted by molar-refractivity contribution is 0.794. The van der Waals surface area contributed by atoms with Gasteiger partial charge in [-0.1, -0.05) is 237 Å². The van der Waals surface area contributed by atoms with Crippen molar-refractivity contribution in [3.05, 3.63) is 283 Å². The van der Waals surface area contributed by atoms with Crippen LogP contribution in [0.1, 0.15) is 27.8 Å². The summed E-state index contributed by atoms with van der Waals surface area (Å²) in [5, 5.41) is 12.3. The lowest BCUT2D eigenvalue weighted by Gasteiger charge is -2.30. The lowest BCUT2D eigenvalue weighted by Crippen LogP contribution is -2.25. The van der Waals surface area contributed by atoms with Crippen molar-refractivity contribution in [1.29, 1.82) is 5.26 Å². The van der Waals surface area contributed by atoms with Gasteiger partial charge in [0.2, 0.25) is 0 Å². The van der Waals surface area contributed by atoms with Crippen LogP contribution in [0.5, 0.6) is 0 Å². The van der Waals surface area contributed by atoms with E-state index in [0.717, 1.165) is 72.0 Å². The van der Waals surface area contributed by atoms with Crippen molar-refractivity contribution in [3.63, 3.8) is 0 Å². The average molecular weight is 927 g/mol. The van der Waals surface area contributed by atoms with E-state index >= 15 is 0 Å². The maximum absolute atomic E-state index is 10.4. The third kappa shape index (κ3) is 6.71. The largest absolute Gasteiger partial charge is 0.208 e. The summed E-state index contributed by atoms with van der Waals surface area (Å²) in [5.41, 5.74) is 21.9. The molecule has 11 aromatic carbocycles. The van der Waals surface area contributed by atoms with Crippen LogP contribution < -0.4 is 0 Å². The van der Waals surface area contributed by atoms with Gasteiger partial charge in [0.05, 0.1) is 17.0 Å². The summed E-state index contributed by atoms with van der Waals surface area (Å²) in [4.78, 5) is 15.5. The third-order valence-corrected chi connectivity index (χ3v) is 15.0. The number of hydrogen-bond donors (Lipinski definition) is 0. The molecule has 0 saturated carbocycles. The smallest absolute Gasteiger partial charge is 0.164 e. The Morgan fingerprint density at radius 1 is 0.274 bits per heavy atom. The highest BCUT2D eigenvalue weighted by molar-refractivity contribution is 6.07. The Balaban J connectivity index is 0.871. The van der Waals surface area contributed by atoms with E-state index in [0.29, 0.717) is 23.0 Å². The van der Waals surface area contributed by atoms with E-state index < -0.39 is 5.41 Å². The van der Waals surface area contributed by atoms with Crippen molar-refractivity contribution in [1.82, 2.24) is 15.0 Å². The number of nitrogens with zero attached hydrogens (tertiary/aromatic N) is 4. The van der Waals surface area contributed by atoms with Crippen LogP contribution in [0.25, 0.3) is 112 Å². The highest BCUT2D eigenvalue weighted by Gasteiger charge is 2.51. The van der Waals surface area contributed by atoms with E-state index in [2.05, 4.69) is 200 Å². The van der Waals surface area contributed by atoms with Crippen LogP contribution in [-0.4, -0.2) is 15.0 Å². The molecule has 0 bridgehead atoms. The fourth-order valence-corrected chi connectivity index (χ4v) is 11.7. The van der Waals surface area contributed by atoms with Crippen LogP contribution in [0.2, 0.25) is 0 Å². The van der Waals surface area contributed by atoms with E-state index in [1.54, 1.807) is 0 Å². The molecule has 12 aromatic rings. The molecule has 0 aliphatic heterocycles. The van der Waals surface area contributed by atoms with Crippen molar-refractivity contribution < 1.29 is 0 Å². The minimum absolute atomic E-state index is 0.432. The first-order chi connectivity index (χ1) is 36.1. The average Bonchev–Trinajstić information content (AvgIpc) is 3.95. The number of rotatable bonds is 7. The first-order valence-electron chi connectivity index (χ1n) is 24.7. The Kier molecular flexibility index (Phi) is 9.77. The normalized spacial score (nSPS) is 12.5. The third-order valence-electron chi connectivity index (χ3n) is 15.0. The molecule has 4 heteroatoms. The van der Waals surface area contributed by atoms with Crippen LogP contribution in [0, 0.1) is 11.3 Å². The van der Waals surface area contributed by atoms with Crippen LogP contribution >= 0.6 is 0 Å². The second kappa shape index (κ2) is 16.9. The molecule has 0 fully saturated rings. The van der Waals surface area contributed by atoms with Gasteiger partial charge in [0, 0.05) is 22.1 Å². The molecule has 0 saturated heterocycles. The molecule has 0 N–H and O–H groups in total.